The third-order valence-electron chi connectivity index (χ3n) is 3.14. The number of rotatable bonds is 2. The molecule has 0 saturated carbocycles. The van der Waals surface area contributed by atoms with Crippen molar-refractivity contribution in [3.63, 3.8) is 0 Å². The molecule has 0 amide bonds. The molecule has 0 unspecified atom stereocenters. The predicted octanol–water partition coefficient (Wildman–Crippen LogP) is 4.50. The van der Waals surface area contributed by atoms with Crippen LogP contribution in [0.5, 0.6) is 0 Å². The zero-order valence-corrected chi connectivity index (χ0v) is 14.4. The minimum Gasteiger partial charge on any atom is -0.463 e. The molecule has 1 aromatic carbocycles. The first kappa shape index (κ1) is 15.8. The maximum atomic E-state index is 11.9. The lowest BCUT2D eigenvalue weighted by Gasteiger charge is -2.15. The van der Waals surface area contributed by atoms with Crippen molar-refractivity contribution < 1.29 is 13.9 Å². The van der Waals surface area contributed by atoms with Crippen LogP contribution >= 0.6 is 15.9 Å². The van der Waals surface area contributed by atoms with Gasteiger partial charge in [0.15, 0.2) is 0 Å². The maximum absolute atomic E-state index is 11.9. The molecule has 0 radical (unpaired) electrons. The van der Waals surface area contributed by atoms with Crippen molar-refractivity contribution in [1.82, 2.24) is 4.98 Å². The molecular formula is C16H18BrNO3. The number of benzene rings is 1. The second-order valence-electron chi connectivity index (χ2n) is 5.90. The van der Waals surface area contributed by atoms with Crippen LogP contribution in [0.4, 0.5) is 0 Å². The summed E-state index contributed by atoms with van der Waals surface area (Å²) in [6.45, 7) is 7.92. The summed E-state index contributed by atoms with van der Waals surface area (Å²) in [5, 5.41) is 0. The lowest BCUT2D eigenvalue weighted by molar-refractivity contribution is 0.0562. The number of ether oxygens (including phenoxy) is 1. The number of aromatic nitrogens is 1. The van der Waals surface area contributed by atoms with E-state index in [9.17, 15) is 4.79 Å². The zero-order chi connectivity index (χ0) is 15.8. The molecule has 0 spiro atoms. The highest BCUT2D eigenvalue weighted by molar-refractivity contribution is 9.10. The highest BCUT2D eigenvalue weighted by Crippen LogP contribution is 2.32. The molecule has 1 aromatic heterocycles. The summed E-state index contributed by atoms with van der Waals surface area (Å²) in [6, 6.07) is 5.85. The van der Waals surface area contributed by atoms with E-state index in [0.717, 1.165) is 15.6 Å². The van der Waals surface area contributed by atoms with Gasteiger partial charge in [-0.15, -0.1) is 0 Å². The highest BCUT2D eigenvalue weighted by Gasteiger charge is 2.30. The van der Waals surface area contributed by atoms with Crippen molar-refractivity contribution >= 4 is 21.9 Å². The van der Waals surface area contributed by atoms with Crippen LogP contribution in [0.1, 0.15) is 42.6 Å². The number of esters is 1. The minimum absolute atomic E-state index is 0.166. The Morgan fingerprint density at radius 2 is 2.00 bits per heavy atom. The van der Waals surface area contributed by atoms with E-state index in [1.54, 1.807) is 0 Å². The molecule has 0 atom stereocenters. The zero-order valence-electron chi connectivity index (χ0n) is 12.8. The molecular weight excluding hydrogens is 334 g/mol. The van der Waals surface area contributed by atoms with Crippen molar-refractivity contribution in [1.29, 1.82) is 0 Å². The molecule has 2 rings (SSSR count). The molecule has 0 aliphatic heterocycles. The van der Waals surface area contributed by atoms with Crippen molar-refractivity contribution in [2.24, 2.45) is 0 Å². The molecule has 0 aliphatic rings. The summed E-state index contributed by atoms with van der Waals surface area (Å²) >= 11 is 3.44. The third kappa shape index (κ3) is 3.18. The van der Waals surface area contributed by atoms with E-state index in [1.165, 1.54) is 7.11 Å². The minimum atomic E-state index is -0.508. The van der Waals surface area contributed by atoms with Crippen LogP contribution in [0.2, 0.25) is 0 Å². The van der Waals surface area contributed by atoms with Gasteiger partial charge in [-0.25, -0.2) is 9.78 Å². The Balaban J connectivity index is 2.64. The summed E-state index contributed by atoms with van der Waals surface area (Å²) in [5.41, 5.74) is 2.16. The van der Waals surface area contributed by atoms with Gasteiger partial charge in [0.2, 0.25) is 11.7 Å². The number of aryl methyl sites for hydroxylation is 1. The molecule has 5 heteroatoms. The Kier molecular flexibility index (Phi) is 4.23. The van der Waals surface area contributed by atoms with E-state index < -0.39 is 5.97 Å². The second kappa shape index (κ2) is 5.64. The summed E-state index contributed by atoms with van der Waals surface area (Å²) in [6.07, 6.45) is 0. The fourth-order valence-corrected chi connectivity index (χ4v) is 2.36. The number of oxazole rings is 1. The van der Waals surface area contributed by atoms with Gasteiger partial charge in [0, 0.05) is 15.5 Å². The van der Waals surface area contributed by atoms with Crippen LogP contribution in [0, 0.1) is 6.92 Å². The molecule has 4 nitrogen and oxygen atoms in total. The Labute approximate surface area is 132 Å². The van der Waals surface area contributed by atoms with E-state index in [0.29, 0.717) is 11.6 Å². The quantitative estimate of drug-likeness (QED) is 0.747. The predicted molar refractivity (Wildman–Crippen MR) is 84.4 cm³/mol. The van der Waals surface area contributed by atoms with Crippen molar-refractivity contribution in [3.05, 3.63) is 39.7 Å². The number of nitrogens with zero attached hydrogens (tertiary/aromatic N) is 1. The maximum Gasteiger partial charge on any atom is 0.376 e. The molecule has 0 bridgehead atoms. The smallest absolute Gasteiger partial charge is 0.376 e. The van der Waals surface area contributed by atoms with E-state index in [4.69, 9.17) is 9.15 Å². The summed E-state index contributed by atoms with van der Waals surface area (Å²) < 4.78 is 11.4. The van der Waals surface area contributed by atoms with E-state index in [-0.39, 0.29) is 11.2 Å². The topological polar surface area (TPSA) is 52.3 Å². The lowest BCUT2D eigenvalue weighted by Crippen LogP contribution is -2.17. The number of hydrogen-bond acceptors (Lipinski definition) is 4. The van der Waals surface area contributed by atoms with Gasteiger partial charge in [-0.05, 0) is 24.6 Å². The average molecular weight is 352 g/mol. The monoisotopic (exact) mass is 351 g/mol. The number of carbonyl (C=O) groups excluding carboxylic acids is 1. The van der Waals surface area contributed by atoms with Crippen LogP contribution in [0.3, 0.4) is 0 Å². The van der Waals surface area contributed by atoms with Gasteiger partial charge in [0.05, 0.1) is 7.11 Å². The number of halogens is 1. The summed E-state index contributed by atoms with van der Waals surface area (Å²) in [4.78, 5) is 16.4. The Hall–Kier alpha value is -1.62. The summed E-state index contributed by atoms with van der Waals surface area (Å²) in [5.74, 6) is 0.0878. The van der Waals surface area contributed by atoms with Crippen molar-refractivity contribution in [2.45, 2.75) is 33.1 Å². The van der Waals surface area contributed by atoms with Crippen LogP contribution in [0.15, 0.2) is 27.1 Å². The lowest BCUT2D eigenvalue weighted by atomic mass is 9.91. The molecule has 0 aliphatic carbocycles. The molecule has 21 heavy (non-hydrogen) atoms. The number of carbonyl (C=O) groups is 1. The molecule has 0 saturated heterocycles. The Morgan fingerprint density at radius 1 is 1.33 bits per heavy atom. The molecule has 0 fully saturated rings. The van der Waals surface area contributed by atoms with E-state index in [2.05, 4.69) is 20.9 Å². The first-order valence-corrected chi connectivity index (χ1v) is 7.39. The number of hydrogen-bond donors (Lipinski definition) is 0. The molecule has 1 heterocycles. The first-order chi connectivity index (χ1) is 9.74. The first-order valence-electron chi connectivity index (χ1n) is 6.60. The fourth-order valence-electron chi connectivity index (χ4n) is 2.00. The average Bonchev–Trinajstić information content (AvgIpc) is 2.85. The van der Waals surface area contributed by atoms with Gasteiger partial charge in [0.1, 0.15) is 5.69 Å². The van der Waals surface area contributed by atoms with Gasteiger partial charge >= 0.3 is 5.97 Å². The fraction of sp³-hybridized carbons (Fsp3) is 0.375. The SMILES string of the molecule is COC(=O)c1oc(-c2cc(Br)ccc2C)nc1C(C)(C)C. The standard InChI is InChI=1S/C16H18BrNO3/c1-9-6-7-10(17)8-11(9)14-18-13(16(2,3)4)12(21-14)15(19)20-5/h6-8H,1-5H3. The number of methoxy groups -OCH3 is 1. The van der Waals surface area contributed by atoms with Gasteiger partial charge in [0.25, 0.3) is 0 Å². The second-order valence-corrected chi connectivity index (χ2v) is 6.81. The third-order valence-corrected chi connectivity index (χ3v) is 3.63. The van der Waals surface area contributed by atoms with E-state index in [1.807, 2.05) is 45.9 Å². The summed E-state index contributed by atoms with van der Waals surface area (Å²) in [7, 11) is 1.33. The molecule has 0 N–H and O–H groups in total. The van der Waals surface area contributed by atoms with Crippen molar-refractivity contribution in [3.8, 4) is 11.5 Å². The van der Waals surface area contributed by atoms with Gasteiger partial charge in [-0.1, -0.05) is 42.8 Å². The normalized spacial score (nSPS) is 11.5. The van der Waals surface area contributed by atoms with Gasteiger partial charge in [-0.3, -0.25) is 0 Å². The molecule has 112 valence electrons. The van der Waals surface area contributed by atoms with Crippen LogP contribution in [-0.2, 0) is 10.2 Å². The Morgan fingerprint density at radius 3 is 2.57 bits per heavy atom. The van der Waals surface area contributed by atoms with E-state index >= 15 is 0 Å². The van der Waals surface area contributed by atoms with Crippen LogP contribution in [-0.4, -0.2) is 18.1 Å². The van der Waals surface area contributed by atoms with Crippen LogP contribution < -0.4 is 0 Å². The largest absolute Gasteiger partial charge is 0.463 e. The van der Waals surface area contributed by atoms with Gasteiger partial charge in [-0.2, -0.15) is 0 Å². The van der Waals surface area contributed by atoms with Crippen LogP contribution in [0.25, 0.3) is 11.5 Å². The van der Waals surface area contributed by atoms with Crippen molar-refractivity contribution in [2.75, 3.05) is 7.11 Å². The molecule has 2 aromatic rings. The van der Waals surface area contributed by atoms with Gasteiger partial charge < -0.3 is 9.15 Å². The highest BCUT2D eigenvalue weighted by atomic mass is 79.9. The Bertz CT molecular complexity index is 683.